The lowest BCUT2D eigenvalue weighted by molar-refractivity contribution is 0.660. The van der Waals surface area contributed by atoms with Gasteiger partial charge in [-0.05, 0) is 116 Å². The highest BCUT2D eigenvalue weighted by molar-refractivity contribution is 6.16. The molecule has 1 aliphatic carbocycles. The van der Waals surface area contributed by atoms with Gasteiger partial charge in [0, 0.05) is 38.9 Å². The van der Waals surface area contributed by atoms with Gasteiger partial charge in [-0.2, -0.15) is 0 Å². The first-order valence-electron chi connectivity index (χ1n) is 20.5. The Morgan fingerprint density at radius 3 is 1.64 bits per heavy atom. The van der Waals surface area contributed by atoms with Crippen molar-refractivity contribution < 1.29 is 0 Å². The Hall–Kier alpha value is -7.42. The Balaban J connectivity index is 0.999. The molecule has 0 saturated heterocycles. The molecule has 0 fully saturated rings. The van der Waals surface area contributed by atoms with Gasteiger partial charge in [0.25, 0.3) is 0 Å². The van der Waals surface area contributed by atoms with Crippen LogP contribution in [0.1, 0.15) is 25.0 Å². The number of hydrogen-bond donors (Lipinski definition) is 0. The molecule has 0 radical (unpaired) electrons. The molecular formula is C57H42N2. The maximum absolute atomic E-state index is 2.46. The highest BCUT2D eigenvalue weighted by Gasteiger charge is 2.35. The van der Waals surface area contributed by atoms with Gasteiger partial charge >= 0.3 is 0 Å². The lowest BCUT2D eigenvalue weighted by Crippen LogP contribution is -2.15. The second-order valence-electron chi connectivity index (χ2n) is 16.2. The zero-order valence-electron chi connectivity index (χ0n) is 33.2. The van der Waals surface area contributed by atoms with Crippen LogP contribution in [-0.2, 0) is 5.41 Å². The fourth-order valence-corrected chi connectivity index (χ4v) is 9.49. The molecule has 0 spiro atoms. The summed E-state index contributed by atoms with van der Waals surface area (Å²) in [5.41, 5.74) is 19.5. The van der Waals surface area contributed by atoms with Crippen molar-refractivity contribution in [2.75, 3.05) is 4.90 Å². The van der Waals surface area contributed by atoms with E-state index in [1.165, 1.54) is 83.1 Å². The number of para-hydroxylation sites is 2. The van der Waals surface area contributed by atoms with Crippen LogP contribution in [0.25, 0.3) is 72.0 Å². The first-order valence-corrected chi connectivity index (χ1v) is 20.5. The number of nitrogens with zero attached hydrogens (tertiary/aromatic N) is 2. The van der Waals surface area contributed by atoms with Crippen LogP contribution in [0.5, 0.6) is 0 Å². The minimum atomic E-state index is -0.0780. The van der Waals surface area contributed by atoms with Crippen LogP contribution in [-0.4, -0.2) is 4.57 Å². The van der Waals surface area contributed by atoms with E-state index < -0.39 is 0 Å². The molecule has 1 heterocycles. The zero-order valence-corrected chi connectivity index (χ0v) is 33.2. The molecule has 1 aromatic heterocycles. The van der Waals surface area contributed by atoms with Crippen LogP contribution in [0, 0.1) is 0 Å². The normalized spacial score (nSPS) is 12.7. The van der Waals surface area contributed by atoms with Gasteiger partial charge in [-0.1, -0.05) is 172 Å². The second kappa shape index (κ2) is 13.9. The Bertz CT molecular complexity index is 3150. The van der Waals surface area contributed by atoms with Crippen LogP contribution in [0.3, 0.4) is 0 Å². The molecule has 2 nitrogen and oxygen atoms in total. The maximum Gasteiger partial charge on any atom is 0.0547 e. The standard InChI is InChI=1S/C57H42N2/c1-57(2)52-24-11-9-21-49(52)50-36-35-47(38-53(50)57)59-54-25-12-10-22-51(54)56-48(23-14-26-55(56)59)43-17-13-20-46(37-43)58(44-18-7-4-8-19-44)45-33-31-42(32-34-45)41-29-27-40(28-30-41)39-15-5-3-6-16-39/h3-38H,1-2H3. The highest BCUT2D eigenvalue weighted by Crippen LogP contribution is 2.50. The molecule has 0 saturated carbocycles. The summed E-state index contributed by atoms with van der Waals surface area (Å²) in [6.45, 7) is 4.71. The molecule has 0 amide bonds. The second-order valence-corrected chi connectivity index (χ2v) is 16.2. The van der Waals surface area contributed by atoms with Crippen molar-refractivity contribution in [1.82, 2.24) is 4.57 Å². The minimum Gasteiger partial charge on any atom is -0.310 e. The van der Waals surface area contributed by atoms with Crippen LogP contribution >= 0.6 is 0 Å². The van der Waals surface area contributed by atoms with Gasteiger partial charge in [-0.15, -0.1) is 0 Å². The number of hydrogen-bond acceptors (Lipinski definition) is 1. The zero-order chi connectivity index (χ0) is 39.5. The average molecular weight is 755 g/mol. The predicted octanol–water partition coefficient (Wildman–Crippen LogP) is 15.6. The van der Waals surface area contributed by atoms with Crippen molar-refractivity contribution in [3.63, 3.8) is 0 Å². The largest absolute Gasteiger partial charge is 0.310 e. The molecule has 0 atom stereocenters. The van der Waals surface area contributed by atoms with Crippen molar-refractivity contribution in [2.24, 2.45) is 0 Å². The molecule has 59 heavy (non-hydrogen) atoms. The van der Waals surface area contributed by atoms with E-state index in [9.17, 15) is 0 Å². The van der Waals surface area contributed by atoms with E-state index in [0.29, 0.717) is 0 Å². The van der Waals surface area contributed by atoms with Gasteiger partial charge in [0.05, 0.1) is 11.0 Å². The first-order chi connectivity index (χ1) is 29.0. The predicted molar refractivity (Wildman–Crippen MR) is 249 cm³/mol. The van der Waals surface area contributed by atoms with Gasteiger partial charge in [0.15, 0.2) is 0 Å². The number of anilines is 3. The SMILES string of the molecule is CC1(C)c2ccccc2-c2ccc(-n3c4ccccc4c4c(-c5cccc(N(c6ccccc6)c6ccc(-c7ccc(-c8ccccc8)cc7)cc6)c5)cccc43)cc21. The molecule has 1 aliphatic rings. The summed E-state index contributed by atoms with van der Waals surface area (Å²) in [5.74, 6) is 0. The third kappa shape index (κ3) is 5.79. The molecule has 280 valence electrons. The van der Waals surface area contributed by atoms with Crippen molar-refractivity contribution in [3.8, 4) is 50.2 Å². The number of benzene rings is 9. The fourth-order valence-electron chi connectivity index (χ4n) is 9.49. The molecule has 11 rings (SSSR count). The lowest BCUT2D eigenvalue weighted by Gasteiger charge is -2.26. The fraction of sp³-hybridized carbons (Fsp3) is 0.0526. The molecule has 10 aromatic rings. The molecule has 9 aromatic carbocycles. The van der Waals surface area contributed by atoms with Crippen molar-refractivity contribution in [1.29, 1.82) is 0 Å². The summed E-state index contributed by atoms with van der Waals surface area (Å²) in [4.78, 5) is 2.36. The minimum absolute atomic E-state index is 0.0780. The summed E-state index contributed by atoms with van der Waals surface area (Å²) in [6.07, 6.45) is 0. The van der Waals surface area contributed by atoms with Crippen LogP contribution in [0.2, 0.25) is 0 Å². The summed E-state index contributed by atoms with van der Waals surface area (Å²) in [5, 5.41) is 2.51. The van der Waals surface area contributed by atoms with E-state index in [0.717, 1.165) is 17.1 Å². The quantitative estimate of drug-likeness (QED) is 0.157. The topological polar surface area (TPSA) is 8.17 Å². The molecule has 0 bridgehead atoms. The molecule has 0 unspecified atom stereocenters. The van der Waals surface area contributed by atoms with Gasteiger partial charge in [0.2, 0.25) is 0 Å². The molecular weight excluding hydrogens is 713 g/mol. The van der Waals surface area contributed by atoms with Gasteiger partial charge in [-0.3, -0.25) is 0 Å². The summed E-state index contributed by atoms with van der Waals surface area (Å²) in [7, 11) is 0. The summed E-state index contributed by atoms with van der Waals surface area (Å²) >= 11 is 0. The van der Waals surface area contributed by atoms with E-state index in [4.69, 9.17) is 0 Å². The Labute approximate surface area is 345 Å². The number of aromatic nitrogens is 1. The van der Waals surface area contributed by atoms with E-state index in [2.05, 4.69) is 242 Å². The molecule has 2 heteroatoms. The molecule has 0 N–H and O–H groups in total. The Morgan fingerprint density at radius 2 is 0.881 bits per heavy atom. The van der Waals surface area contributed by atoms with Crippen molar-refractivity contribution >= 4 is 38.9 Å². The summed E-state index contributed by atoms with van der Waals surface area (Å²) < 4.78 is 2.46. The third-order valence-corrected chi connectivity index (χ3v) is 12.4. The average Bonchev–Trinajstić information content (AvgIpc) is 3.76. The van der Waals surface area contributed by atoms with E-state index >= 15 is 0 Å². The van der Waals surface area contributed by atoms with Crippen LogP contribution < -0.4 is 4.90 Å². The van der Waals surface area contributed by atoms with Crippen LogP contribution in [0.15, 0.2) is 218 Å². The van der Waals surface area contributed by atoms with Gasteiger partial charge in [0.1, 0.15) is 0 Å². The third-order valence-electron chi connectivity index (χ3n) is 12.4. The van der Waals surface area contributed by atoms with E-state index in [1.807, 2.05) is 0 Å². The number of rotatable bonds is 7. The van der Waals surface area contributed by atoms with Crippen molar-refractivity contribution in [3.05, 3.63) is 230 Å². The van der Waals surface area contributed by atoms with E-state index in [-0.39, 0.29) is 5.41 Å². The number of fused-ring (bicyclic) bond motifs is 6. The first kappa shape index (κ1) is 34.8. The Morgan fingerprint density at radius 1 is 0.356 bits per heavy atom. The maximum atomic E-state index is 2.46. The highest BCUT2D eigenvalue weighted by atomic mass is 15.1. The van der Waals surface area contributed by atoms with E-state index in [1.54, 1.807) is 0 Å². The molecule has 0 aliphatic heterocycles. The summed E-state index contributed by atoms with van der Waals surface area (Å²) in [6, 6.07) is 79.7. The van der Waals surface area contributed by atoms with Crippen LogP contribution in [0.4, 0.5) is 17.1 Å². The van der Waals surface area contributed by atoms with Gasteiger partial charge in [-0.25, -0.2) is 0 Å². The van der Waals surface area contributed by atoms with Crippen molar-refractivity contribution in [2.45, 2.75) is 19.3 Å². The monoisotopic (exact) mass is 754 g/mol. The Kier molecular flexibility index (Phi) is 8.20. The van der Waals surface area contributed by atoms with Gasteiger partial charge < -0.3 is 9.47 Å². The smallest absolute Gasteiger partial charge is 0.0547 e. The lowest BCUT2D eigenvalue weighted by atomic mass is 9.82.